The highest BCUT2D eigenvalue weighted by molar-refractivity contribution is 9.10. The standard InChI is InChI=1S/C14H20BrNO/c1-10(2)6-7-17-14-5-4-13(15)9-12(14)8-11(3)16/h4-6,9,11H,7-8,16H2,1-3H3. The maximum absolute atomic E-state index is 5.84. The Morgan fingerprint density at radius 2 is 2.18 bits per heavy atom. The van der Waals surface area contributed by atoms with Gasteiger partial charge in [0.15, 0.2) is 0 Å². The van der Waals surface area contributed by atoms with Crippen LogP contribution in [-0.4, -0.2) is 12.6 Å². The van der Waals surface area contributed by atoms with E-state index < -0.39 is 0 Å². The SMILES string of the molecule is CC(C)=CCOc1ccc(Br)cc1CC(C)N. The number of benzene rings is 1. The number of ether oxygens (including phenoxy) is 1. The third-order valence-electron chi connectivity index (χ3n) is 2.29. The Hall–Kier alpha value is -0.800. The van der Waals surface area contributed by atoms with E-state index in [2.05, 4.69) is 41.9 Å². The van der Waals surface area contributed by atoms with Crippen molar-refractivity contribution in [2.45, 2.75) is 33.2 Å². The van der Waals surface area contributed by atoms with Crippen LogP contribution in [0.4, 0.5) is 0 Å². The number of halogens is 1. The largest absolute Gasteiger partial charge is 0.489 e. The van der Waals surface area contributed by atoms with Crippen LogP contribution in [0.3, 0.4) is 0 Å². The van der Waals surface area contributed by atoms with Crippen molar-refractivity contribution in [1.82, 2.24) is 0 Å². The van der Waals surface area contributed by atoms with Crippen molar-refractivity contribution in [3.63, 3.8) is 0 Å². The smallest absolute Gasteiger partial charge is 0.123 e. The lowest BCUT2D eigenvalue weighted by atomic mass is 10.1. The molecule has 0 aliphatic rings. The van der Waals surface area contributed by atoms with E-state index >= 15 is 0 Å². The lowest BCUT2D eigenvalue weighted by Gasteiger charge is -2.12. The number of hydrogen-bond acceptors (Lipinski definition) is 2. The van der Waals surface area contributed by atoms with Crippen molar-refractivity contribution in [2.24, 2.45) is 5.73 Å². The first-order valence-corrected chi connectivity index (χ1v) is 6.58. The van der Waals surface area contributed by atoms with Crippen LogP contribution >= 0.6 is 15.9 Å². The van der Waals surface area contributed by atoms with Gasteiger partial charge in [-0.05, 0) is 57.0 Å². The summed E-state index contributed by atoms with van der Waals surface area (Å²) in [5.74, 6) is 0.919. The number of rotatable bonds is 5. The molecule has 1 atom stereocenters. The van der Waals surface area contributed by atoms with Crippen LogP contribution in [0.2, 0.25) is 0 Å². The normalized spacial score (nSPS) is 12.1. The Kier molecular flexibility index (Phi) is 5.72. The minimum Gasteiger partial charge on any atom is -0.489 e. The van der Waals surface area contributed by atoms with Gasteiger partial charge in [0.25, 0.3) is 0 Å². The molecule has 1 aromatic rings. The van der Waals surface area contributed by atoms with E-state index in [1.165, 1.54) is 5.57 Å². The predicted octanol–water partition coefficient (Wildman–Crippen LogP) is 3.68. The molecular formula is C14H20BrNO. The molecule has 0 aliphatic carbocycles. The third-order valence-corrected chi connectivity index (χ3v) is 2.79. The summed E-state index contributed by atoms with van der Waals surface area (Å²) in [6, 6.07) is 6.18. The van der Waals surface area contributed by atoms with Gasteiger partial charge in [0, 0.05) is 10.5 Å². The molecule has 0 aliphatic heterocycles. The molecule has 2 nitrogen and oxygen atoms in total. The van der Waals surface area contributed by atoms with Gasteiger partial charge in [0.2, 0.25) is 0 Å². The Balaban J connectivity index is 2.79. The average Bonchev–Trinajstić information content (AvgIpc) is 2.20. The van der Waals surface area contributed by atoms with E-state index in [0.29, 0.717) is 6.61 Å². The summed E-state index contributed by atoms with van der Waals surface area (Å²) in [4.78, 5) is 0. The Morgan fingerprint density at radius 1 is 1.47 bits per heavy atom. The van der Waals surface area contributed by atoms with Crippen molar-refractivity contribution in [1.29, 1.82) is 0 Å². The van der Waals surface area contributed by atoms with E-state index in [9.17, 15) is 0 Å². The van der Waals surface area contributed by atoms with E-state index in [4.69, 9.17) is 10.5 Å². The molecule has 1 unspecified atom stereocenters. The van der Waals surface area contributed by atoms with Gasteiger partial charge in [-0.25, -0.2) is 0 Å². The van der Waals surface area contributed by atoms with E-state index in [1.807, 2.05) is 19.1 Å². The molecule has 0 saturated heterocycles. The minimum absolute atomic E-state index is 0.134. The lowest BCUT2D eigenvalue weighted by Crippen LogP contribution is -2.18. The second-order valence-corrected chi connectivity index (χ2v) is 5.44. The van der Waals surface area contributed by atoms with Crippen LogP contribution in [0.5, 0.6) is 5.75 Å². The summed E-state index contributed by atoms with van der Waals surface area (Å²) in [6.07, 6.45) is 2.89. The Bertz CT molecular complexity index is 395. The number of allylic oxidation sites excluding steroid dienone is 1. The summed E-state index contributed by atoms with van der Waals surface area (Å²) < 4.78 is 6.81. The first kappa shape index (κ1) is 14.3. The van der Waals surface area contributed by atoms with E-state index in [1.54, 1.807) is 0 Å². The summed E-state index contributed by atoms with van der Waals surface area (Å²) in [5, 5.41) is 0. The second kappa shape index (κ2) is 6.82. The van der Waals surface area contributed by atoms with Crippen LogP contribution in [0.25, 0.3) is 0 Å². The molecular weight excluding hydrogens is 278 g/mol. The fourth-order valence-corrected chi connectivity index (χ4v) is 1.90. The molecule has 0 fully saturated rings. The van der Waals surface area contributed by atoms with Gasteiger partial charge in [0.1, 0.15) is 12.4 Å². The van der Waals surface area contributed by atoms with E-state index in [-0.39, 0.29) is 6.04 Å². The highest BCUT2D eigenvalue weighted by atomic mass is 79.9. The summed E-state index contributed by atoms with van der Waals surface area (Å²) in [6.45, 7) is 6.73. The van der Waals surface area contributed by atoms with Crippen LogP contribution in [0, 0.1) is 0 Å². The van der Waals surface area contributed by atoms with Crippen LogP contribution in [0.1, 0.15) is 26.3 Å². The predicted molar refractivity (Wildman–Crippen MR) is 76.4 cm³/mol. The Morgan fingerprint density at radius 3 is 2.76 bits per heavy atom. The maximum atomic E-state index is 5.84. The van der Waals surface area contributed by atoms with Crippen molar-refractivity contribution in [3.8, 4) is 5.75 Å². The van der Waals surface area contributed by atoms with Gasteiger partial charge in [-0.3, -0.25) is 0 Å². The molecule has 0 spiro atoms. The Labute approximate surface area is 112 Å². The van der Waals surface area contributed by atoms with Gasteiger partial charge in [-0.1, -0.05) is 21.5 Å². The number of nitrogens with two attached hydrogens (primary N) is 1. The molecule has 1 rings (SSSR count). The molecule has 94 valence electrons. The highest BCUT2D eigenvalue weighted by Gasteiger charge is 2.06. The molecule has 3 heteroatoms. The first-order valence-electron chi connectivity index (χ1n) is 5.79. The zero-order valence-electron chi connectivity index (χ0n) is 10.7. The highest BCUT2D eigenvalue weighted by Crippen LogP contribution is 2.24. The molecule has 2 N–H and O–H groups in total. The van der Waals surface area contributed by atoms with Crippen molar-refractivity contribution in [3.05, 3.63) is 39.9 Å². The second-order valence-electron chi connectivity index (χ2n) is 4.53. The van der Waals surface area contributed by atoms with Crippen molar-refractivity contribution < 1.29 is 4.74 Å². The van der Waals surface area contributed by atoms with Gasteiger partial charge in [-0.15, -0.1) is 0 Å². The molecule has 0 aromatic heterocycles. The fraction of sp³-hybridized carbons (Fsp3) is 0.429. The topological polar surface area (TPSA) is 35.2 Å². The quantitative estimate of drug-likeness (QED) is 0.842. The zero-order chi connectivity index (χ0) is 12.8. The lowest BCUT2D eigenvalue weighted by molar-refractivity contribution is 0.357. The molecule has 1 aromatic carbocycles. The monoisotopic (exact) mass is 297 g/mol. The van der Waals surface area contributed by atoms with Gasteiger partial charge >= 0.3 is 0 Å². The molecule has 17 heavy (non-hydrogen) atoms. The maximum Gasteiger partial charge on any atom is 0.123 e. The third kappa shape index (κ3) is 5.37. The summed E-state index contributed by atoms with van der Waals surface area (Å²) in [7, 11) is 0. The molecule has 0 amide bonds. The van der Waals surface area contributed by atoms with Gasteiger partial charge < -0.3 is 10.5 Å². The first-order chi connectivity index (χ1) is 7.99. The number of hydrogen-bond donors (Lipinski definition) is 1. The molecule has 0 bridgehead atoms. The van der Waals surface area contributed by atoms with E-state index in [0.717, 1.165) is 22.2 Å². The van der Waals surface area contributed by atoms with Crippen LogP contribution in [-0.2, 0) is 6.42 Å². The van der Waals surface area contributed by atoms with Crippen LogP contribution < -0.4 is 10.5 Å². The van der Waals surface area contributed by atoms with Crippen molar-refractivity contribution >= 4 is 15.9 Å². The molecule has 0 heterocycles. The van der Waals surface area contributed by atoms with Gasteiger partial charge in [0.05, 0.1) is 0 Å². The molecule has 0 radical (unpaired) electrons. The summed E-state index contributed by atoms with van der Waals surface area (Å²) >= 11 is 3.47. The molecule has 0 saturated carbocycles. The fourth-order valence-electron chi connectivity index (χ4n) is 1.49. The zero-order valence-corrected chi connectivity index (χ0v) is 12.3. The van der Waals surface area contributed by atoms with Crippen LogP contribution in [0.15, 0.2) is 34.3 Å². The van der Waals surface area contributed by atoms with Gasteiger partial charge in [-0.2, -0.15) is 0 Å². The minimum atomic E-state index is 0.134. The van der Waals surface area contributed by atoms with Crippen molar-refractivity contribution in [2.75, 3.05) is 6.61 Å². The average molecular weight is 298 g/mol. The summed E-state index contributed by atoms with van der Waals surface area (Å²) in [5.41, 5.74) is 8.25.